The van der Waals surface area contributed by atoms with E-state index < -0.39 is 18.8 Å². The van der Waals surface area contributed by atoms with Gasteiger partial charge in [0, 0.05) is 0 Å². The molecule has 0 fully saturated rings. The van der Waals surface area contributed by atoms with E-state index in [0.717, 1.165) is 19.3 Å². The molecule has 0 aliphatic rings. The van der Waals surface area contributed by atoms with Crippen molar-refractivity contribution >= 4 is 24.8 Å². The number of rotatable bonds is 15. The molecular weight excluding hydrogens is 391 g/mol. The Morgan fingerprint density at radius 1 is 0.783 bits per heavy atom. The van der Waals surface area contributed by atoms with Crippen LogP contribution in [0.4, 0.5) is 0 Å². The summed E-state index contributed by atoms with van der Waals surface area (Å²) in [6, 6.07) is 0. The molecular formula is C20H42O2Sn. The van der Waals surface area contributed by atoms with Crippen molar-refractivity contribution in [2.75, 3.05) is 0 Å². The minimum absolute atomic E-state index is 0.149. The third-order valence-electron chi connectivity index (χ3n) is 5.01. The first kappa shape index (κ1) is 23.3. The summed E-state index contributed by atoms with van der Waals surface area (Å²) < 4.78 is 10.2. The van der Waals surface area contributed by atoms with Crippen LogP contribution < -0.4 is 0 Å². The zero-order valence-electron chi connectivity index (χ0n) is 16.6. The van der Waals surface area contributed by atoms with Crippen molar-refractivity contribution in [1.82, 2.24) is 0 Å². The SMILES string of the molecule is CCCC[C@H](CC)C(=O)[O][Sn]([CH2]CCC)([CH2]CCC)[CH2]CCC. The van der Waals surface area contributed by atoms with Crippen LogP contribution in [0.5, 0.6) is 0 Å². The van der Waals surface area contributed by atoms with Crippen molar-refractivity contribution < 1.29 is 7.87 Å². The monoisotopic (exact) mass is 434 g/mol. The van der Waals surface area contributed by atoms with Crippen LogP contribution in [-0.4, -0.2) is 24.8 Å². The maximum atomic E-state index is 12.8. The molecule has 0 aliphatic heterocycles. The van der Waals surface area contributed by atoms with E-state index in [2.05, 4.69) is 34.6 Å². The zero-order chi connectivity index (χ0) is 17.6. The summed E-state index contributed by atoms with van der Waals surface area (Å²) in [7, 11) is 0. The number of carbonyl (C=O) groups excluding carboxylic acids is 1. The Balaban J connectivity index is 4.99. The van der Waals surface area contributed by atoms with Gasteiger partial charge in [-0.15, -0.1) is 0 Å². The number of hydrogen-bond acceptors (Lipinski definition) is 2. The van der Waals surface area contributed by atoms with Crippen LogP contribution in [0.15, 0.2) is 0 Å². The first-order valence-corrected chi connectivity index (χ1v) is 17.5. The average molecular weight is 433 g/mol. The van der Waals surface area contributed by atoms with Crippen LogP contribution in [0, 0.1) is 5.92 Å². The Bertz CT molecular complexity index is 270. The number of unbranched alkanes of at least 4 members (excludes halogenated alkanes) is 4. The van der Waals surface area contributed by atoms with E-state index in [0.29, 0.717) is 0 Å². The standard InChI is InChI=1S/C8H16O2.3C4H9.Sn/c1-3-5-6-7(4-2)8(9)10;3*1-3-4-2;/h7H,3-6H2,1-2H3,(H,9,10);3*1,3-4H2,2H3;/q;;;;+1/p-1/t7-;;;;/m0..../s1. The molecule has 0 aromatic heterocycles. The molecule has 0 N–H and O–H groups in total. The van der Waals surface area contributed by atoms with E-state index in [-0.39, 0.29) is 11.9 Å². The fourth-order valence-corrected chi connectivity index (χ4v) is 16.5. The molecule has 1 atom stereocenters. The van der Waals surface area contributed by atoms with Gasteiger partial charge in [0.2, 0.25) is 0 Å². The van der Waals surface area contributed by atoms with Gasteiger partial charge in [0.1, 0.15) is 0 Å². The van der Waals surface area contributed by atoms with Crippen LogP contribution in [0.2, 0.25) is 13.3 Å². The van der Waals surface area contributed by atoms with Crippen LogP contribution >= 0.6 is 0 Å². The summed E-state index contributed by atoms with van der Waals surface area (Å²) in [5, 5.41) is 0. The molecule has 0 spiro atoms. The van der Waals surface area contributed by atoms with Gasteiger partial charge in [0.25, 0.3) is 0 Å². The summed E-state index contributed by atoms with van der Waals surface area (Å²) in [5.74, 6) is 0.316. The molecule has 23 heavy (non-hydrogen) atoms. The fraction of sp³-hybridized carbons (Fsp3) is 0.950. The van der Waals surface area contributed by atoms with Crippen LogP contribution in [0.25, 0.3) is 0 Å². The van der Waals surface area contributed by atoms with Gasteiger partial charge in [-0.1, -0.05) is 0 Å². The first-order chi connectivity index (χ1) is 11.1. The van der Waals surface area contributed by atoms with E-state index in [9.17, 15) is 4.79 Å². The van der Waals surface area contributed by atoms with Crippen molar-refractivity contribution in [3.8, 4) is 0 Å². The second kappa shape index (κ2) is 14.6. The minimum atomic E-state index is -2.76. The first-order valence-electron chi connectivity index (χ1n) is 10.3. The molecule has 2 nitrogen and oxygen atoms in total. The van der Waals surface area contributed by atoms with Gasteiger partial charge in [-0.05, 0) is 0 Å². The molecule has 138 valence electrons. The molecule has 0 saturated carbocycles. The number of hydrogen-bond donors (Lipinski definition) is 0. The fourth-order valence-electron chi connectivity index (χ4n) is 3.26. The van der Waals surface area contributed by atoms with E-state index in [1.807, 2.05) is 0 Å². The van der Waals surface area contributed by atoms with Gasteiger partial charge in [0.05, 0.1) is 0 Å². The molecule has 0 unspecified atom stereocenters. The van der Waals surface area contributed by atoms with E-state index >= 15 is 0 Å². The maximum absolute atomic E-state index is 12.8. The van der Waals surface area contributed by atoms with Gasteiger partial charge in [-0.3, -0.25) is 0 Å². The van der Waals surface area contributed by atoms with Crippen molar-refractivity contribution in [3.63, 3.8) is 0 Å². The molecule has 0 heterocycles. The number of carbonyl (C=O) groups is 1. The van der Waals surface area contributed by atoms with Gasteiger partial charge in [0.15, 0.2) is 0 Å². The van der Waals surface area contributed by atoms with Gasteiger partial charge < -0.3 is 0 Å². The predicted molar refractivity (Wildman–Crippen MR) is 104 cm³/mol. The molecule has 0 radical (unpaired) electrons. The normalized spacial score (nSPS) is 13.1. The Labute approximate surface area is 150 Å². The molecule has 3 heteroatoms. The molecule has 0 bridgehead atoms. The summed E-state index contributed by atoms with van der Waals surface area (Å²) in [6.07, 6.45) is 11.7. The molecule has 0 saturated heterocycles. The van der Waals surface area contributed by atoms with E-state index in [4.69, 9.17) is 3.07 Å². The Hall–Kier alpha value is 0.269. The molecule has 0 aromatic carbocycles. The average Bonchev–Trinajstić information content (AvgIpc) is 2.56. The second-order valence-corrected chi connectivity index (χ2v) is 18.8. The van der Waals surface area contributed by atoms with Crippen molar-refractivity contribution in [1.29, 1.82) is 0 Å². The topological polar surface area (TPSA) is 26.3 Å². The third-order valence-corrected chi connectivity index (χ3v) is 17.6. The van der Waals surface area contributed by atoms with Crippen molar-refractivity contribution in [3.05, 3.63) is 0 Å². The second-order valence-electron chi connectivity index (χ2n) is 7.16. The van der Waals surface area contributed by atoms with Crippen LogP contribution in [0.1, 0.15) is 98.8 Å². The van der Waals surface area contributed by atoms with Gasteiger partial charge in [-0.2, -0.15) is 0 Å². The van der Waals surface area contributed by atoms with Crippen molar-refractivity contribution in [2.45, 2.75) is 112 Å². The zero-order valence-corrected chi connectivity index (χ0v) is 19.4. The molecule has 0 aromatic rings. The van der Waals surface area contributed by atoms with E-state index in [1.165, 1.54) is 58.3 Å². The van der Waals surface area contributed by atoms with E-state index in [1.54, 1.807) is 0 Å². The van der Waals surface area contributed by atoms with Crippen LogP contribution in [0.3, 0.4) is 0 Å². The molecule has 0 rings (SSSR count). The van der Waals surface area contributed by atoms with Gasteiger partial charge >= 0.3 is 151 Å². The van der Waals surface area contributed by atoms with Crippen molar-refractivity contribution in [2.24, 2.45) is 5.92 Å². The van der Waals surface area contributed by atoms with Crippen LogP contribution in [-0.2, 0) is 7.87 Å². The molecule has 0 aliphatic carbocycles. The summed E-state index contributed by atoms with van der Waals surface area (Å²) in [6.45, 7) is 11.1. The Morgan fingerprint density at radius 3 is 1.57 bits per heavy atom. The summed E-state index contributed by atoms with van der Waals surface area (Å²) in [4.78, 5) is 12.8. The molecule has 0 amide bonds. The third kappa shape index (κ3) is 9.99. The Kier molecular flexibility index (Phi) is 14.8. The van der Waals surface area contributed by atoms with Gasteiger partial charge in [-0.25, -0.2) is 0 Å². The predicted octanol–water partition coefficient (Wildman–Crippen LogP) is 7.09. The summed E-state index contributed by atoms with van der Waals surface area (Å²) in [5.41, 5.74) is 0. The Morgan fingerprint density at radius 2 is 1.22 bits per heavy atom. The summed E-state index contributed by atoms with van der Waals surface area (Å²) >= 11 is -2.76. The quantitative estimate of drug-likeness (QED) is 0.258.